The minimum absolute atomic E-state index is 1.24. The lowest BCUT2D eigenvalue weighted by Crippen LogP contribution is -2.03. The molecule has 1 aromatic heterocycles. The second-order valence-electron chi connectivity index (χ2n) is 12.4. The number of hydrogen-bond donors (Lipinski definition) is 0. The fourth-order valence-electron chi connectivity index (χ4n) is 7.62. The number of thiophene rings is 1. The van der Waals surface area contributed by atoms with Crippen LogP contribution in [0.1, 0.15) is 12.5 Å². The molecule has 0 unspecified atom stereocenters. The Morgan fingerprint density at radius 2 is 1.04 bits per heavy atom. The van der Waals surface area contributed by atoms with E-state index < -0.39 is 0 Å². The molecule has 0 aliphatic rings. The third-order valence-electron chi connectivity index (χ3n) is 9.77. The Balaban J connectivity index is 1.30. The SMILES string of the molecule is C/C=c1/ccc2c(-c3c4ccccc4c(-c4cccc(-c5ccc(-c6ccccc6)s5)c4)c4ccccc34)ccc3ccc(C)c1c32. The first-order chi connectivity index (χ1) is 23.2. The summed E-state index contributed by atoms with van der Waals surface area (Å²) in [7, 11) is 0. The van der Waals surface area contributed by atoms with Crippen LogP contribution >= 0.6 is 11.3 Å². The van der Waals surface area contributed by atoms with Gasteiger partial charge in [-0.25, -0.2) is 0 Å². The van der Waals surface area contributed by atoms with Gasteiger partial charge in [0.2, 0.25) is 0 Å². The predicted octanol–water partition coefficient (Wildman–Crippen LogP) is 12.9. The van der Waals surface area contributed by atoms with Gasteiger partial charge in [0.25, 0.3) is 0 Å². The molecular weight excluding hydrogens is 585 g/mol. The molecule has 0 radical (unpaired) electrons. The summed E-state index contributed by atoms with van der Waals surface area (Å²) >= 11 is 1.85. The van der Waals surface area contributed by atoms with E-state index in [0.29, 0.717) is 0 Å². The highest BCUT2D eigenvalue weighted by Crippen LogP contribution is 2.47. The van der Waals surface area contributed by atoms with Gasteiger partial charge in [-0.3, -0.25) is 0 Å². The Hall–Kier alpha value is -5.50. The summed E-state index contributed by atoms with van der Waals surface area (Å²) in [5, 5.41) is 11.7. The highest BCUT2D eigenvalue weighted by atomic mass is 32.1. The highest BCUT2D eigenvalue weighted by Gasteiger charge is 2.19. The Morgan fingerprint density at radius 3 is 1.74 bits per heavy atom. The van der Waals surface area contributed by atoms with E-state index >= 15 is 0 Å². The van der Waals surface area contributed by atoms with E-state index in [1.807, 2.05) is 11.3 Å². The third-order valence-corrected chi connectivity index (χ3v) is 10.9. The smallest absolute Gasteiger partial charge is 0.0349 e. The first-order valence-electron chi connectivity index (χ1n) is 16.3. The van der Waals surface area contributed by atoms with Crippen molar-refractivity contribution < 1.29 is 0 Å². The van der Waals surface area contributed by atoms with Crippen LogP contribution in [0.15, 0.2) is 152 Å². The van der Waals surface area contributed by atoms with Crippen molar-refractivity contribution in [1.82, 2.24) is 0 Å². The molecule has 222 valence electrons. The van der Waals surface area contributed by atoms with Crippen LogP contribution in [0, 0.1) is 6.92 Å². The van der Waals surface area contributed by atoms with Gasteiger partial charge in [-0.15, -0.1) is 11.3 Å². The van der Waals surface area contributed by atoms with Crippen molar-refractivity contribution in [2.75, 3.05) is 0 Å². The van der Waals surface area contributed by atoms with Crippen LogP contribution in [0.5, 0.6) is 0 Å². The number of hydrogen-bond acceptors (Lipinski definition) is 1. The van der Waals surface area contributed by atoms with Gasteiger partial charge < -0.3 is 0 Å². The average molecular weight is 617 g/mol. The van der Waals surface area contributed by atoms with Crippen LogP contribution in [0.4, 0.5) is 0 Å². The summed E-state index contributed by atoms with van der Waals surface area (Å²) in [5.41, 5.74) is 8.96. The number of rotatable bonds is 4. The van der Waals surface area contributed by atoms with Crippen LogP contribution in [0.3, 0.4) is 0 Å². The average Bonchev–Trinajstić information content (AvgIpc) is 3.63. The van der Waals surface area contributed by atoms with Crippen molar-refractivity contribution in [3.8, 4) is 43.1 Å². The van der Waals surface area contributed by atoms with Crippen molar-refractivity contribution in [2.24, 2.45) is 0 Å². The zero-order chi connectivity index (χ0) is 31.5. The largest absolute Gasteiger partial charge is 0.135 e. The molecule has 0 aliphatic heterocycles. The zero-order valence-electron chi connectivity index (χ0n) is 26.4. The van der Waals surface area contributed by atoms with Crippen LogP contribution < -0.4 is 5.22 Å². The van der Waals surface area contributed by atoms with E-state index in [4.69, 9.17) is 0 Å². The van der Waals surface area contributed by atoms with Crippen molar-refractivity contribution in [3.05, 3.63) is 162 Å². The van der Waals surface area contributed by atoms with Crippen LogP contribution in [-0.4, -0.2) is 0 Å². The van der Waals surface area contributed by atoms with Gasteiger partial charge in [0.1, 0.15) is 0 Å². The Labute approximate surface area is 278 Å². The summed E-state index contributed by atoms with van der Waals surface area (Å²) in [6.07, 6.45) is 2.24. The minimum atomic E-state index is 1.24. The number of aryl methyl sites for hydroxylation is 1. The van der Waals surface area contributed by atoms with E-state index in [1.54, 1.807) is 0 Å². The molecule has 0 bridgehead atoms. The number of fused-ring (bicyclic) bond motifs is 2. The normalized spacial score (nSPS) is 12.2. The minimum Gasteiger partial charge on any atom is -0.135 e. The Bertz CT molecular complexity index is 2630. The van der Waals surface area contributed by atoms with Crippen molar-refractivity contribution in [2.45, 2.75) is 13.8 Å². The molecule has 0 N–H and O–H groups in total. The topological polar surface area (TPSA) is 0 Å². The second-order valence-corrected chi connectivity index (χ2v) is 13.5. The van der Waals surface area contributed by atoms with Gasteiger partial charge >= 0.3 is 0 Å². The maximum atomic E-state index is 2.38. The standard InChI is InChI=1S/C46H32S/c1-3-30-22-24-39-40(25-23-32-21-20-29(2)43(30)45(32)39)46-37-18-9-7-16-35(37)44(36-17-8-10-19-38(36)46)34-15-11-14-33(28-34)42-27-26-41(47-42)31-12-5-4-6-13-31/h3-28H,1-2H3/b30-3-. The van der Waals surface area contributed by atoms with Gasteiger partial charge in [0.15, 0.2) is 0 Å². The molecule has 0 saturated heterocycles. The monoisotopic (exact) mass is 616 g/mol. The van der Waals surface area contributed by atoms with Crippen molar-refractivity contribution in [1.29, 1.82) is 0 Å². The molecule has 0 atom stereocenters. The molecule has 8 aromatic carbocycles. The van der Waals surface area contributed by atoms with E-state index in [0.717, 1.165) is 0 Å². The summed E-state index contributed by atoms with van der Waals surface area (Å²) < 4.78 is 0. The third kappa shape index (κ3) is 4.42. The zero-order valence-corrected chi connectivity index (χ0v) is 27.2. The molecule has 0 nitrogen and oxygen atoms in total. The van der Waals surface area contributed by atoms with Crippen LogP contribution in [0.25, 0.3) is 92.3 Å². The highest BCUT2D eigenvalue weighted by molar-refractivity contribution is 7.18. The summed E-state index contributed by atoms with van der Waals surface area (Å²) in [6.45, 7) is 4.38. The summed E-state index contributed by atoms with van der Waals surface area (Å²) in [5.74, 6) is 0. The van der Waals surface area contributed by atoms with Gasteiger partial charge in [-0.05, 0) is 119 Å². The molecule has 1 heteroatoms. The molecule has 0 spiro atoms. The maximum Gasteiger partial charge on any atom is 0.0349 e. The molecule has 47 heavy (non-hydrogen) atoms. The van der Waals surface area contributed by atoms with Gasteiger partial charge in [0.05, 0.1) is 0 Å². The van der Waals surface area contributed by atoms with E-state index in [2.05, 4.69) is 172 Å². The Morgan fingerprint density at radius 1 is 0.447 bits per heavy atom. The Kier molecular flexibility index (Phi) is 6.55. The molecule has 0 amide bonds. The van der Waals surface area contributed by atoms with Crippen molar-refractivity contribution >= 4 is 60.5 Å². The first kappa shape index (κ1) is 27.8. The lowest BCUT2D eigenvalue weighted by Gasteiger charge is -2.20. The van der Waals surface area contributed by atoms with Crippen molar-refractivity contribution in [3.63, 3.8) is 0 Å². The number of benzene rings is 8. The molecule has 1 heterocycles. The lowest BCUT2D eigenvalue weighted by molar-refractivity contribution is 1.52. The van der Waals surface area contributed by atoms with Gasteiger partial charge in [-0.2, -0.15) is 0 Å². The molecule has 0 aliphatic carbocycles. The molecule has 0 saturated carbocycles. The molecule has 9 aromatic rings. The van der Waals surface area contributed by atoms with Crippen LogP contribution in [-0.2, 0) is 0 Å². The van der Waals surface area contributed by atoms with Gasteiger partial charge in [0, 0.05) is 9.75 Å². The van der Waals surface area contributed by atoms with E-state index in [1.165, 1.54) is 97.0 Å². The van der Waals surface area contributed by atoms with E-state index in [-0.39, 0.29) is 0 Å². The lowest BCUT2D eigenvalue weighted by atomic mass is 9.83. The summed E-state index contributed by atoms with van der Waals surface area (Å²) in [4.78, 5) is 2.57. The molecule has 0 fully saturated rings. The van der Waals surface area contributed by atoms with Crippen LogP contribution in [0.2, 0.25) is 0 Å². The second kappa shape index (κ2) is 11.1. The maximum absolute atomic E-state index is 2.38. The van der Waals surface area contributed by atoms with Gasteiger partial charge in [-0.1, -0.05) is 140 Å². The quantitative estimate of drug-likeness (QED) is 0.173. The van der Waals surface area contributed by atoms with E-state index in [9.17, 15) is 0 Å². The first-order valence-corrected chi connectivity index (χ1v) is 17.1. The predicted molar refractivity (Wildman–Crippen MR) is 206 cm³/mol. The summed E-state index contributed by atoms with van der Waals surface area (Å²) in [6, 6.07) is 56.1. The fraction of sp³-hybridized carbons (Fsp3) is 0.0435. The molecular formula is C46H32S. The molecule has 9 rings (SSSR count). The fourth-order valence-corrected chi connectivity index (χ4v) is 8.63.